The molecule has 0 bridgehead atoms. The van der Waals surface area contributed by atoms with Crippen molar-refractivity contribution in [1.82, 2.24) is 15.5 Å². The van der Waals surface area contributed by atoms with Gasteiger partial charge in [-0.05, 0) is 39.8 Å². The molecule has 2 saturated heterocycles. The molecule has 2 heterocycles. The van der Waals surface area contributed by atoms with Crippen LogP contribution in [-0.2, 0) is 0 Å². The van der Waals surface area contributed by atoms with Crippen molar-refractivity contribution in [3.8, 4) is 0 Å². The van der Waals surface area contributed by atoms with Gasteiger partial charge < -0.3 is 10.6 Å². The van der Waals surface area contributed by atoms with E-state index in [1.54, 1.807) is 0 Å². The van der Waals surface area contributed by atoms with E-state index in [1.165, 1.54) is 39.0 Å². The molecule has 82 valence electrons. The van der Waals surface area contributed by atoms with Crippen LogP contribution >= 0.6 is 0 Å². The fraction of sp³-hybridized carbons (Fsp3) is 1.00. The lowest BCUT2D eigenvalue weighted by Gasteiger charge is -2.47. The average Bonchev–Trinajstić information content (AvgIpc) is 2.19. The minimum absolute atomic E-state index is 0.460. The molecule has 0 aromatic rings. The molecule has 0 aromatic heterocycles. The minimum atomic E-state index is 0.460. The van der Waals surface area contributed by atoms with Gasteiger partial charge in [0.05, 0.1) is 0 Å². The molecule has 2 N–H and O–H groups in total. The van der Waals surface area contributed by atoms with Crippen LogP contribution in [0.4, 0.5) is 0 Å². The smallest absolute Gasteiger partial charge is 0.0206 e. The fourth-order valence-corrected chi connectivity index (χ4v) is 2.70. The maximum absolute atomic E-state index is 3.51. The molecule has 14 heavy (non-hydrogen) atoms. The third-order valence-corrected chi connectivity index (χ3v) is 3.81. The van der Waals surface area contributed by atoms with E-state index in [-0.39, 0.29) is 0 Å². The highest BCUT2D eigenvalue weighted by Crippen LogP contribution is 2.26. The molecule has 0 unspecified atom stereocenters. The third-order valence-electron chi connectivity index (χ3n) is 3.81. The Morgan fingerprint density at radius 3 is 2.57 bits per heavy atom. The van der Waals surface area contributed by atoms with Crippen molar-refractivity contribution in [2.45, 2.75) is 38.3 Å². The summed E-state index contributed by atoms with van der Waals surface area (Å²) in [6.45, 7) is 10.7. The van der Waals surface area contributed by atoms with Crippen molar-refractivity contribution in [3.05, 3.63) is 0 Å². The molecule has 2 rings (SSSR count). The van der Waals surface area contributed by atoms with E-state index >= 15 is 0 Å². The largest absolute Gasteiger partial charge is 0.317 e. The molecule has 3 nitrogen and oxygen atoms in total. The van der Waals surface area contributed by atoms with Gasteiger partial charge in [-0.3, -0.25) is 4.90 Å². The predicted molar refractivity (Wildman–Crippen MR) is 59.5 cm³/mol. The second-order valence-corrected chi connectivity index (χ2v) is 5.05. The Kier molecular flexibility index (Phi) is 3.10. The lowest BCUT2D eigenvalue weighted by atomic mass is 9.87. The number of piperazine rings is 1. The summed E-state index contributed by atoms with van der Waals surface area (Å²) in [6, 6.07) is 0.662. The summed E-state index contributed by atoms with van der Waals surface area (Å²) < 4.78 is 0. The van der Waals surface area contributed by atoms with Gasteiger partial charge in [-0.15, -0.1) is 0 Å². The van der Waals surface area contributed by atoms with Crippen LogP contribution in [0.15, 0.2) is 0 Å². The first kappa shape index (κ1) is 10.4. The summed E-state index contributed by atoms with van der Waals surface area (Å²) in [6.07, 6.45) is 2.61. The Labute approximate surface area is 87.2 Å². The van der Waals surface area contributed by atoms with Crippen molar-refractivity contribution < 1.29 is 0 Å². The summed E-state index contributed by atoms with van der Waals surface area (Å²) >= 11 is 0. The molecule has 0 radical (unpaired) electrons. The van der Waals surface area contributed by atoms with Crippen LogP contribution in [0.5, 0.6) is 0 Å². The van der Waals surface area contributed by atoms with E-state index < -0.39 is 0 Å². The number of rotatable bonds is 1. The Morgan fingerprint density at radius 2 is 1.93 bits per heavy atom. The van der Waals surface area contributed by atoms with Crippen molar-refractivity contribution >= 4 is 0 Å². The lowest BCUT2D eigenvalue weighted by Crippen LogP contribution is -2.60. The Morgan fingerprint density at radius 1 is 1.21 bits per heavy atom. The SMILES string of the molecule is C[C@H]1CN(C2(C)CCNCC2)CCN1. The zero-order valence-electron chi connectivity index (χ0n) is 9.47. The maximum atomic E-state index is 3.51. The monoisotopic (exact) mass is 197 g/mol. The summed E-state index contributed by atoms with van der Waals surface area (Å²) in [5.41, 5.74) is 0.460. The van der Waals surface area contributed by atoms with Crippen LogP contribution in [0.1, 0.15) is 26.7 Å². The molecular weight excluding hydrogens is 174 g/mol. The van der Waals surface area contributed by atoms with Crippen molar-refractivity contribution in [3.63, 3.8) is 0 Å². The van der Waals surface area contributed by atoms with Gasteiger partial charge in [-0.1, -0.05) is 0 Å². The van der Waals surface area contributed by atoms with E-state index in [0.29, 0.717) is 11.6 Å². The standard InChI is InChI=1S/C11H23N3/c1-10-9-14(8-7-13-10)11(2)3-5-12-6-4-11/h10,12-13H,3-9H2,1-2H3/t10-/m0/s1. The zero-order valence-corrected chi connectivity index (χ0v) is 9.47. The summed E-state index contributed by atoms with van der Waals surface area (Å²) in [5, 5.41) is 6.96. The van der Waals surface area contributed by atoms with Crippen LogP contribution in [0.3, 0.4) is 0 Å². The molecule has 0 aliphatic carbocycles. The van der Waals surface area contributed by atoms with Crippen LogP contribution < -0.4 is 10.6 Å². The molecule has 0 aromatic carbocycles. The molecule has 2 aliphatic rings. The first-order valence-corrected chi connectivity index (χ1v) is 5.90. The minimum Gasteiger partial charge on any atom is -0.317 e. The van der Waals surface area contributed by atoms with E-state index in [2.05, 4.69) is 29.4 Å². The number of nitrogens with zero attached hydrogens (tertiary/aromatic N) is 1. The van der Waals surface area contributed by atoms with Crippen LogP contribution in [-0.4, -0.2) is 49.2 Å². The third kappa shape index (κ3) is 2.10. The first-order valence-electron chi connectivity index (χ1n) is 5.90. The van der Waals surface area contributed by atoms with Crippen molar-refractivity contribution in [2.24, 2.45) is 0 Å². The van der Waals surface area contributed by atoms with Gasteiger partial charge in [0.2, 0.25) is 0 Å². The van der Waals surface area contributed by atoms with Gasteiger partial charge in [-0.2, -0.15) is 0 Å². The number of hydrogen-bond donors (Lipinski definition) is 2. The predicted octanol–water partition coefficient (Wildman–Crippen LogP) is 0.422. The van der Waals surface area contributed by atoms with E-state index in [1.807, 2.05) is 0 Å². The van der Waals surface area contributed by atoms with Gasteiger partial charge in [0, 0.05) is 31.2 Å². The van der Waals surface area contributed by atoms with Gasteiger partial charge >= 0.3 is 0 Å². The fourth-order valence-electron chi connectivity index (χ4n) is 2.70. The van der Waals surface area contributed by atoms with Gasteiger partial charge in [0.15, 0.2) is 0 Å². The normalized spacial score (nSPS) is 34.3. The highest BCUT2D eigenvalue weighted by atomic mass is 15.3. The van der Waals surface area contributed by atoms with E-state index in [9.17, 15) is 0 Å². The Bertz CT molecular complexity index is 187. The number of piperidine rings is 1. The Hall–Kier alpha value is -0.120. The maximum Gasteiger partial charge on any atom is 0.0206 e. The topological polar surface area (TPSA) is 27.3 Å². The average molecular weight is 197 g/mol. The molecule has 3 heteroatoms. The van der Waals surface area contributed by atoms with Gasteiger partial charge in [0.25, 0.3) is 0 Å². The highest BCUT2D eigenvalue weighted by molar-refractivity contribution is 4.93. The molecule has 2 aliphatic heterocycles. The quantitative estimate of drug-likeness (QED) is 0.638. The van der Waals surface area contributed by atoms with Crippen LogP contribution in [0.2, 0.25) is 0 Å². The highest BCUT2D eigenvalue weighted by Gasteiger charge is 2.34. The van der Waals surface area contributed by atoms with Crippen molar-refractivity contribution in [1.29, 1.82) is 0 Å². The molecule has 0 amide bonds. The molecule has 0 spiro atoms. The van der Waals surface area contributed by atoms with E-state index in [0.717, 1.165) is 6.54 Å². The number of hydrogen-bond acceptors (Lipinski definition) is 3. The lowest BCUT2D eigenvalue weighted by molar-refractivity contribution is 0.0473. The number of nitrogens with one attached hydrogen (secondary N) is 2. The summed E-state index contributed by atoms with van der Waals surface area (Å²) in [5.74, 6) is 0. The van der Waals surface area contributed by atoms with Gasteiger partial charge in [0.1, 0.15) is 0 Å². The summed E-state index contributed by atoms with van der Waals surface area (Å²) in [7, 11) is 0. The van der Waals surface area contributed by atoms with Gasteiger partial charge in [-0.25, -0.2) is 0 Å². The van der Waals surface area contributed by atoms with Crippen LogP contribution in [0.25, 0.3) is 0 Å². The molecule has 2 fully saturated rings. The second kappa shape index (κ2) is 4.17. The first-order chi connectivity index (χ1) is 6.71. The van der Waals surface area contributed by atoms with Crippen molar-refractivity contribution in [2.75, 3.05) is 32.7 Å². The van der Waals surface area contributed by atoms with Crippen LogP contribution in [0, 0.1) is 0 Å². The summed E-state index contributed by atoms with van der Waals surface area (Å²) in [4.78, 5) is 2.69. The van der Waals surface area contributed by atoms with E-state index in [4.69, 9.17) is 0 Å². The zero-order chi connectivity index (χ0) is 10.0. The second-order valence-electron chi connectivity index (χ2n) is 5.05. The molecule has 0 saturated carbocycles. The molecule has 1 atom stereocenters. The molecular formula is C11H23N3. The Balaban J connectivity index is 1.97.